The molecule has 0 aliphatic carbocycles. The second kappa shape index (κ2) is 7.63. The van der Waals surface area contributed by atoms with Gasteiger partial charge in [-0.2, -0.15) is 0 Å². The highest BCUT2D eigenvalue weighted by molar-refractivity contribution is 7.11. The summed E-state index contributed by atoms with van der Waals surface area (Å²) in [6.45, 7) is 2.95. The number of aryl methyl sites for hydroxylation is 1. The lowest BCUT2D eigenvalue weighted by Crippen LogP contribution is -2.23. The molecule has 1 heterocycles. The predicted octanol–water partition coefficient (Wildman–Crippen LogP) is 2.55. The Bertz CT molecular complexity index is 679. The number of nitrogens with two attached hydrogens (primary N) is 1. The first-order valence-electron chi connectivity index (χ1n) is 6.88. The van der Waals surface area contributed by atoms with Crippen LogP contribution in [0.1, 0.15) is 32.6 Å². The van der Waals surface area contributed by atoms with Crippen LogP contribution in [-0.2, 0) is 13.0 Å². The van der Waals surface area contributed by atoms with Crippen molar-refractivity contribution in [3.8, 4) is 11.8 Å². The summed E-state index contributed by atoms with van der Waals surface area (Å²) in [5.74, 6) is 5.61. The number of nitrogens with one attached hydrogen (secondary N) is 1. The van der Waals surface area contributed by atoms with E-state index in [0.29, 0.717) is 17.7 Å². The molecule has 0 aliphatic rings. The van der Waals surface area contributed by atoms with Crippen LogP contribution in [0.15, 0.2) is 36.4 Å². The van der Waals surface area contributed by atoms with Crippen molar-refractivity contribution in [3.05, 3.63) is 57.3 Å². The molecule has 0 atom stereocenters. The lowest BCUT2D eigenvalue weighted by atomic mass is 10.1. The monoisotopic (exact) mass is 298 g/mol. The van der Waals surface area contributed by atoms with Crippen molar-refractivity contribution in [1.82, 2.24) is 5.32 Å². The van der Waals surface area contributed by atoms with Crippen LogP contribution in [0.2, 0.25) is 0 Å². The van der Waals surface area contributed by atoms with Crippen LogP contribution >= 0.6 is 11.3 Å². The Hall–Kier alpha value is -2.09. The SMILES string of the molecule is CCc1ccc(CNC(=O)c2ccccc2C#CCN)s1. The molecule has 108 valence electrons. The summed E-state index contributed by atoms with van der Waals surface area (Å²) in [7, 11) is 0. The summed E-state index contributed by atoms with van der Waals surface area (Å²) in [4.78, 5) is 14.8. The van der Waals surface area contributed by atoms with E-state index in [4.69, 9.17) is 5.73 Å². The fourth-order valence-corrected chi connectivity index (χ4v) is 2.80. The van der Waals surface area contributed by atoms with Gasteiger partial charge in [-0.05, 0) is 30.7 Å². The molecule has 3 N–H and O–H groups in total. The molecule has 1 amide bonds. The second-order valence-corrected chi connectivity index (χ2v) is 5.71. The Morgan fingerprint density at radius 2 is 2.00 bits per heavy atom. The molecule has 0 bridgehead atoms. The first-order valence-corrected chi connectivity index (χ1v) is 7.70. The van der Waals surface area contributed by atoms with Gasteiger partial charge < -0.3 is 11.1 Å². The fourth-order valence-electron chi connectivity index (χ4n) is 1.91. The summed E-state index contributed by atoms with van der Waals surface area (Å²) < 4.78 is 0. The van der Waals surface area contributed by atoms with Crippen LogP contribution < -0.4 is 11.1 Å². The number of rotatable bonds is 4. The summed E-state index contributed by atoms with van der Waals surface area (Å²) in [6.07, 6.45) is 1.02. The minimum atomic E-state index is -0.108. The molecule has 1 aromatic carbocycles. The average Bonchev–Trinajstić information content (AvgIpc) is 2.99. The number of carbonyl (C=O) groups excluding carboxylic acids is 1. The van der Waals surface area contributed by atoms with Gasteiger partial charge in [0, 0.05) is 15.3 Å². The summed E-state index contributed by atoms with van der Waals surface area (Å²) in [5.41, 5.74) is 6.68. The van der Waals surface area contributed by atoms with E-state index in [1.807, 2.05) is 18.2 Å². The number of hydrogen-bond donors (Lipinski definition) is 2. The molecule has 0 saturated carbocycles. The molecule has 21 heavy (non-hydrogen) atoms. The topological polar surface area (TPSA) is 55.1 Å². The minimum absolute atomic E-state index is 0.108. The van der Waals surface area contributed by atoms with E-state index in [9.17, 15) is 4.79 Å². The van der Waals surface area contributed by atoms with Crippen molar-refractivity contribution in [2.24, 2.45) is 5.73 Å². The molecule has 2 rings (SSSR count). The molecule has 0 unspecified atom stereocenters. The van der Waals surface area contributed by atoms with Gasteiger partial charge in [-0.3, -0.25) is 4.79 Å². The molecule has 0 aliphatic heterocycles. The highest BCUT2D eigenvalue weighted by atomic mass is 32.1. The number of carbonyl (C=O) groups is 1. The summed E-state index contributed by atoms with van der Waals surface area (Å²) in [6, 6.07) is 11.5. The van der Waals surface area contributed by atoms with Crippen molar-refractivity contribution in [3.63, 3.8) is 0 Å². The van der Waals surface area contributed by atoms with Crippen molar-refractivity contribution < 1.29 is 4.79 Å². The Labute approximate surface area is 129 Å². The fraction of sp³-hybridized carbons (Fsp3) is 0.235. The zero-order chi connectivity index (χ0) is 15.1. The maximum atomic E-state index is 12.3. The highest BCUT2D eigenvalue weighted by Gasteiger charge is 2.09. The van der Waals surface area contributed by atoms with Gasteiger partial charge in [0.15, 0.2) is 0 Å². The zero-order valence-corrected chi connectivity index (χ0v) is 12.8. The molecule has 0 fully saturated rings. The van der Waals surface area contributed by atoms with E-state index in [1.54, 1.807) is 17.4 Å². The number of hydrogen-bond acceptors (Lipinski definition) is 3. The van der Waals surface area contributed by atoms with E-state index >= 15 is 0 Å². The van der Waals surface area contributed by atoms with Crippen LogP contribution in [0, 0.1) is 11.8 Å². The van der Waals surface area contributed by atoms with E-state index in [0.717, 1.165) is 11.3 Å². The second-order valence-electron chi connectivity index (χ2n) is 4.46. The zero-order valence-electron chi connectivity index (χ0n) is 12.0. The maximum absolute atomic E-state index is 12.3. The highest BCUT2D eigenvalue weighted by Crippen LogP contribution is 2.17. The largest absolute Gasteiger partial charge is 0.347 e. The summed E-state index contributed by atoms with van der Waals surface area (Å²) in [5, 5.41) is 2.94. The molecule has 0 saturated heterocycles. The van der Waals surface area contributed by atoms with Crippen molar-refractivity contribution in [2.45, 2.75) is 19.9 Å². The van der Waals surface area contributed by atoms with Gasteiger partial charge in [0.1, 0.15) is 0 Å². The Kier molecular flexibility index (Phi) is 5.56. The van der Waals surface area contributed by atoms with E-state index < -0.39 is 0 Å². The van der Waals surface area contributed by atoms with Crippen LogP contribution in [0.3, 0.4) is 0 Å². The third-order valence-electron chi connectivity index (χ3n) is 2.99. The average molecular weight is 298 g/mol. The van der Waals surface area contributed by atoms with E-state index in [2.05, 4.69) is 36.2 Å². The van der Waals surface area contributed by atoms with Crippen LogP contribution in [0.5, 0.6) is 0 Å². The first kappa shape index (κ1) is 15.3. The van der Waals surface area contributed by atoms with Gasteiger partial charge in [0.2, 0.25) is 0 Å². The van der Waals surface area contributed by atoms with Crippen LogP contribution in [-0.4, -0.2) is 12.5 Å². The van der Waals surface area contributed by atoms with Crippen molar-refractivity contribution >= 4 is 17.2 Å². The quantitative estimate of drug-likeness (QED) is 0.852. The molecule has 4 heteroatoms. The minimum Gasteiger partial charge on any atom is -0.347 e. The van der Waals surface area contributed by atoms with E-state index in [1.165, 1.54) is 4.88 Å². The van der Waals surface area contributed by atoms with E-state index in [-0.39, 0.29) is 12.5 Å². The Morgan fingerprint density at radius 3 is 2.71 bits per heavy atom. The van der Waals surface area contributed by atoms with Gasteiger partial charge in [-0.1, -0.05) is 30.9 Å². The summed E-state index contributed by atoms with van der Waals surface area (Å²) >= 11 is 1.73. The normalized spacial score (nSPS) is 9.81. The predicted molar refractivity (Wildman–Crippen MR) is 87.2 cm³/mol. The van der Waals surface area contributed by atoms with Gasteiger partial charge in [0.25, 0.3) is 5.91 Å². The number of amides is 1. The standard InChI is InChI=1S/C17H18N2OS/c1-2-14-9-10-15(21-14)12-19-17(20)16-8-4-3-6-13(16)7-5-11-18/h3-4,6,8-10H,2,11-12,18H2,1H3,(H,19,20). The number of thiophene rings is 1. The van der Waals surface area contributed by atoms with Gasteiger partial charge in [-0.15, -0.1) is 11.3 Å². The Morgan fingerprint density at radius 1 is 1.24 bits per heavy atom. The molecular weight excluding hydrogens is 280 g/mol. The van der Waals surface area contributed by atoms with Crippen molar-refractivity contribution in [2.75, 3.05) is 6.54 Å². The molecule has 3 nitrogen and oxygen atoms in total. The third kappa shape index (κ3) is 4.19. The van der Waals surface area contributed by atoms with Gasteiger partial charge >= 0.3 is 0 Å². The third-order valence-corrected chi connectivity index (χ3v) is 4.22. The lowest BCUT2D eigenvalue weighted by molar-refractivity contribution is 0.0951. The number of benzene rings is 1. The van der Waals surface area contributed by atoms with Gasteiger partial charge in [0.05, 0.1) is 18.7 Å². The first-order chi connectivity index (χ1) is 10.2. The van der Waals surface area contributed by atoms with Gasteiger partial charge in [-0.25, -0.2) is 0 Å². The Balaban J connectivity index is 2.06. The molecular formula is C17H18N2OS. The molecule has 2 aromatic rings. The molecule has 0 spiro atoms. The van der Waals surface area contributed by atoms with Crippen molar-refractivity contribution in [1.29, 1.82) is 0 Å². The smallest absolute Gasteiger partial charge is 0.252 e. The van der Waals surface area contributed by atoms with Crippen LogP contribution in [0.4, 0.5) is 0 Å². The molecule has 0 radical (unpaired) electrons. The van der Waals surface area contributed by atoms with Crippen LogP contribution in [0.25, 0.3) is 0 Å². The molecule has 1 aromatic heterocycles. The lowest BCUT2D eigenvalue weighted by Gasteiger charge is -2.05. The maximum Gasteiger partial charge on any atom is 0.252 e.